The fourth-order valence-electron chi connectivity index (χ4n) is 6.41. The van der Waals surface area contributed by atoms with E-state index in [1.165, 1.54) is 16.5 Å². The number of alkyl halides is 1. The number of anilines is 3. The summed E-state index contributed by atoms with van der Waals surface area (Å²) >= 11 is 19.8. The quantitative estimate of drug-likeness (QED) is 0.0444. The maximum absolute atomic E-state index is 13.3. The standard InChI is InChI=1S/C20H15Br2N3O2.C14H12BrNO.C7H4BrNO.C7H6BrNO.C6H6BrN.BrH/c21-15-3-7-17(8-4-15)24-13-20(27,14-2-1-11-23-12-14)25(19(24)26)18-9-5-16(22)6-10-18;15-13-6-3-11(4-7-13)5-8-14(17)12-2-1-9-16-10-12;8-6-1-3-7(4-2-6)9-5-10;8-4-7(10)6-2-1-3-9-5-6;7-5-1-3-6(8)4-2-5;/h1-12,27H,13H2;1-4,6-7,9-10H,5,8H2;1-4H;1-3,5H,4H2;1-4H,8H2;1H. The Morgan fingerprint density at radius 3 is 1.49 bits per heavy atom. The number of aliphatic hydroxyl groups is 1. The van der Waals surface area contributed by atoms with Gasteiger partial charge in [-0.3, -0.25) is 34.3 Å². The van der Waals surface area contributed by atoms with Crippen LogP contribution in [0, 0.1) is 0 Å². The number of aliphatic imine (C=N–C) groups is 1. The van der Waals surface area contributed by atoms with Crippen molar-refractivity contribution in [2.45, 2.75) is 18.6 Å². The lowest BCUT2D eigenvalue weighted by Crippen LogP contribution is -2.44. The zero-order chi connectivity index (χ0) is 51.9. The predicted molar refractivity (Wildman–Crippen MR) is 316 cm³/mol. The van der Waals surface area contributed by atoms with E-state index in [0.717, 1.165) is 34.5 Å². The number of rotatable bonds is 10. The number of isocyanates is 1. The first-order valence-corrected chi connectivity index (χ1v) is 26.6. The smallest absolute Gasteiger partial charge is 0.331 e. The Balaban J connectivity index is 0.000000215. The highest BCUT2D eigenvalue weighted by Crippen LogP contribution is 2.40. The number of benzene rings is 5. The van der Waals surface area contributed by atoms with Crippen LogP contribution >= 0.6 is 113 Å². The van der Waals surface area contributed by atoms with Gasteiger partial charge < -0.3 is 10.8 Å². The highest BCUT2D eigenvalue weighted by molar-refractivity contribution is 9.11. The van der Waals surface area contributed by atoms with Crippen LogP contribution in [0.3, 0.4) is 0 Å². The highest BCUT2D eigenvalue weighted by atomic mass is 79.9. The molecule has 2 amide bonds. The van der Waals surface area contributed by atoms with Crippen molar-refractivity contribution in [3.05, 3.63) is 240 Å². The maximum Gasteiger partial charge on any atom is 0.331 e. The zero-order valence-corrected chi connectivity index (χ0v) is 49.5. The van der Waals surface area contributed by atoms with Gasteiger partial charge in [0.25, 0.3) is 0 Å². The lowest BCUT2D eigenvalue weighted by molar-refractivity contribution is 0.0651. The van der Waals surface area contributed by atoms with Gasteiger partial charge in [0.05, 0.1) is 17.6 Å². The molecule has 12 nitrogen and oxygen atoms in total. The Labute approximate surface area is 484 Å². The average molecular weight is 1430 g/mol. The van der Waals surface area contributed by atoms with Crippen LogP contribution in [-0.4, -0.2) is 55.6 Å². The summed E-state index contributed by atoms with van der Waals surface area (Å²) in [5, 5.41) is 12.0. The average Bonchev–Trinajstić information content (AvgIpc) is 3.69. The second-order valence-corrected chi connectivity index (χ2v) is 20.2. The molecule has 1 saturated heterocycles. The molecule has 3 N–H and O–H groups in total. The van der Waals surface area contributed by atoms with Crippen LogP contribution in [0.1, 0.15) is 38.3 Å². The summed E-state index contributed by atoms with van der Waals surface area (Å²) in [4.78, 5) is 64.1. The Morgan fingerprint density at radius 1 is 0.616 bits per heavy atom. The molecule has 0 bridgehead atoms. The molecule has 8 aromatic rings. The van der Waals surface area contributed by atoms with Crippen molar-refractivity contribution < 1.29 is 24.3 Å². The molecule has 4 heterocycles. The Bertz CT molecular complexity index is 2980. The molecule has 1 aliphatic rings. The summed E-state index contributed by atoms with van der Waals surface area (Å²) in [7, 11) is 0. The molecular formula is C54H44Br7N7O5. The van der Waals surface area contributed by atoms with Crippen molar-refractivity contribution in [2.24, 2.45) is 4.99 Å². The molecule has 1 fully saturated rings. The number of hydrogen-bond donors (Lipinski definition) is 2. The van der Waals surface area contributed by atoms with Crippen LogP contribution in [0.5, 0.6) is 0 Å². The first kappa shape index (κ1) is 60.2. The Kier molecular flexibility index (Phi) is 25.9. The predicted octanol–water partition coefficient (Wildman–Crippen LogP) is 15.2. The van der Waals surface area contributed by atoms with Gasteiger partial charge in [-0.25, -0.2) is 9.59 Å². The van der Waals surface area contributed by atoms with E-state index < -0.39 is 5.72 Å². The SMILES string of the molecule is Br.Nc1ccc(Br)cc1.O=C(CBr)c1cccnc1.O=C(CCc1ccc(Br)cc1)c1cccnc1.O=C1N(c2ccc(Br)cc2)CC(O)(c2cccnc2)N1c1ccc(Br)cc1.O=C=Nc1ccc(Br)cc1. The summed E-state index contributed by atoms with van der Waals surface area (Å²) in [6, 6.07) is 47.7. The van der Waals surface area contributed by atoms with Gasteiger partial charge in [-0.1, -0.05) is 114 Å². The Hall–Kier alpha value is -5.34. The van der Waals surface area contributed by atoms with Gasteiger partial charge in [0.1, 0.15) is 0 Å². The van der Waals surface area contributed by atoms with Crippen LogP contribution in [-0.2, 0) is 16.9 Å². The fourth-order valence-corrected chi connectivity index (χ4v) is 8.06. The number of carbonyl (C=O) groups is 3. The molecule has 9 rings (SSSR count). The molecule has 374 valence electrons. The largest absolute Gasteiger partial charge is 0.399 e. The first-order valence-electron chi connectivity index (χ1n) is 21.5. The number of Topliss-reactive ketones (excluding diaryl/α,β-unsaturated/α-hetero) is 2. The number of aromatic nitrogens is 3. The van der Waals surface area contributed by atoms with Gasteiger partial charge in [-0.2, -0.15) is 4.99 Å². The third kappa shape index (κ3) is 19.5. The molecule has 73 heavy (non-hydrogen) atoms. The van der Waals surface area contributed by atoms with E-state index in [-0.39, 0.29) is 41.1 Å². The molecule has 19 heteroatoms. The van der Waals surface area contributed by atoms with Gasteiger partial charge in [0.15, 0.2) is 17.3 Å². The number of hydrogen-bond acceptors (Lipinski definition) is 10. The zero-order valence-electron chi connectivity index (χ0n) is 38.3. The van der Waals surface area contributed by atoms with Crippen molar-refractivity contribution in [3.63, 3.8) is 0 Å². The summed E-state index contributed by atoms with van der Waals surface area (Å²) < 4.78 is 4.90. The number of nitrogens with two attached hydrogens (primary N) is 1. The molecule has 0 aliphatic carbocycles. The number of halogens is 7. The van der Waals surface area contributed by atoms with Gasteiger partial charge in [-0.05, 0) is 152 Å². The lowest BCUT2D eigenvalue weighted by Gasteiger charge is -2.31. The molecule has 1 aliphatic heterocycles. The molecule has 1 unspecified atom stereocenters. The van der Waals surface area contributed by atoms with Crippen molar-refractivity contribution in [3.8, 4) is 0 Å². The number of nitrogens with zero attached hydrogens (tertiary/aromatic N) is 6. The van der Waals surface area contributed by atoms with E-state index in [4.69, 9.17) is 5.73 Å². The lowest BCUT2D eigenvalue weighted by atomic mass is 10.0. The molecule has 3 aromatic heterocycles. The summed E-state index contributed by atoms with van der Waals surface area (Å²) in [5.74, 6) is 0.203. The molecule has 0 radical (unpaired) electrons. The number of carbonyl (C=O) groups excluding carboxylic acids is 4. The van der Waals surface area contributed by atoms with Gasteiger partial charge in [-0.15, -0.1) is 17.0 Å². The molecule has 5 aromatic carbocycles. The topological polar surface area (TPSA) is 172 Å². The van der Waals surface area contributed by atoms with Gasteiger partial charge in [0.2, 0.25) is 6.08 Å². The Morgan fingerprint density at radius 2 is 1.05 bits per heavy atom. The van der Waals surface area contributed by atoms with Crippen molar-refractivity contribution in [1.82, 2.24) is 15.0 Å². The number of urea groups is 1. The summed E-state index contributed by atoms with van der Waals surface area (Å²) in [6.07, 6.45) is 12.5. The molecule has 0 spiro atoms. The van der Waals surface area contributed by atoms with Crippen LogP contribution < -0.4 is 15.5 Å². The second kappa shape index (κ2) is 31.4. The van der Waals surface area contributed by atoms with E-state index in [0.29, 0.717) is 45.5 Å². The number of amides is 2. The monoisotopic (exact) mass is 1420 g/mol. The van der Waals surface area contributed by atoms with E-state index in [1.54, 1.807) is 103 Å². The van der Waals surface area contributed by atoms with Crippen molar-refractivity contribution >= 4 is 159 Å². The van der Waals surface area contributed by atoms with E-state index in [9.17, 15) is 24.3 Å². The minimum Gasteiger partial charge on any atom is -0.399 e. The first-order chi connectivity index (χ1) is 34.7. The molecule has 0 saturated carbocycles. The van der Waals surface area contributed by atoms with Crippen LogP contribution in [0.4, 0.5) is 27.5 Å². The molecule has 1 atom stereocenters. The van der Waals surface area contributed by atoms with Crippen molar-refractivity contribution in [1.29, 1.82) is 0 Å². The number of aryl methyl sites for hydroxylation is 1. The van der Waals surface area contributed by atoms with Crippen LogP contribution in [0.15, 0.2) is 222 Å². The number of β-amino-alcohol motifs (C(OH)–C–C–N with tert-alkyl or cyclic N) is 1. The van der Waals surface area contributed by atoms with Crippen molar-refractivity contribution in [2.75, 3.05) is 27.4 Å². The summed E-state index contributed by atoms with van der Waals surface area (Å²) in [5.41, 5.74) is 9.68. The number of nitrogen functional groups attached to an aromatic ring is 1. The maximum atomic E-state index is 13.3. The summed E-state index contributed by atoms with van der Waals surface area (Å²) in [6.45, 7) is 0.0925. The third-order valence-corrected chi connectivity index (χ3v) is 13.2. The fraction of sp³-hybridized carbons (Fsp3) is 0.0926. The van der Waals surface area contributed by atoms with Gasteiger partial charge in [0, 0.05) is 99.7 Å². The minimum atomic E-state index is -1.54. The number of pyridine rings is 3. The molecular weight excluding hydrogens is 1390 g/mol. The van der Waals surface area contributed by atoms with Crippen LogP contribution in [0.2, 0.25) is 0 Å². The van der Waals surface area contributed by atoms with E-state index in [1.807, 2.05) is 97.1 Å². The van der Waals surface area contributed by atoms with E-state index >= 15 is 0 Å². The normalized spacial score (nSPS) is 13.1. The second-order valence-electron chi connectivity index (χ2n) is 15.0. The third-order valence-electron chi connectivity index (χ3n) is 10.0. The van der Waals surface area contributed by atoms with E-state index in [2.05, 4.69) is 116 Å². The number of ketones is 2. The van der Waals surface area contributed by atoms with Gasteiger partial charge >= 0.3 is 6.03 Å². The highest BCUT2D eigenvalue weighted by Gasteiger charge is 2.51. The minimum absolute atomic E-state index is 0. The van der Waals surface area contributed by atoms with Crippen LogP contribution in [0.25, 0.3) is 0 Å².